The number of nitrogens with zero attached hydrogens (tertiary/aromatic N) is 1. The molecule has 0 aromatic heterocycles. The first-order valence-electron chi connectivity index (χ1n) is 8.63. The Kier molecular flexibility index (Phi) is 5.22. The number of halogens is 3. The van der Waals surface area contributed by atoms with Gasteiger partial charge in [-0.1, -0.05) is 26.0 Å². The Hall–Kier alpha value is -3.16. The Morgan fingerprint density at radius 2 is 1.54 bits per heavy atom. The van der Waals surface area contributed by atoms with Gasteiger partial charge in [-0.05, 0) is 36.6 Å². The van der Waals surface area contributed by atoms with Crippen molar-refractivity contribution in [1.29, 1.82) is 0 Å². The number of nitrogens with one attached hydrogen (secondary N) is 1. The molecule has 1 atom stereocenters. The average molecular weight is 390 g/mol. The van der Waals surface area contributed by atoms with Gasteiger partial charge in [0.1, 0.15) is 6.04 Å². The van der Waals surface area contributed by atoms with E-state index in [0.717, 1.165) is 11.0 Å². The highest BCUT2D eigenvalue weighted by Crippen LogP contribution is 2.28. The largest absolute Gasteiger partial charge is 0.322 e. The predicted molar refractivity (Wildman–Crippen MR) is 95.1 cm³/mol. The molecule has 0 radical (unpaired) electrons. The summed E-state index contributed by atoms with van der Waals surface area (Å²) in [5.41, 5.74) is -0.226. The third-order valence-electron chi connectivity index (χ3n) is 4.43. The summed E-state index contributed by atoms with van der Waals surface area (Å²) in [6, 6.07) is 6.47. The highest BCUT2D eigenvalue weighted by atomic mass is 19.2. The molecule has 2 aromatic carbocycles. The maximum Gasteiger partial charge on any atom is 0.262 e. The Morgan fingerprint density at radius 3 is 2.07 bits per heavy atom. The van der Waals surface area contributed by atoms with E-state index < -0.39 is 46.9 Å². The lowest BCUT2D eigenvalue weighted by Gasteiger charge is -2.26. The van der Waals surface area contributed by atoms with Gasteiger partial charge in [0.2, 0.25) is 5.91 Å². The molecule has 0 bridgehead atoms. The van der Waals surface area contributed by atoms with Crippen LogP contribution >= 0.6 is 0 Å². The molecule has 0 fully saturated rings. The molecule has 8 heteroatoms. The summed E-state index contributed by atoms with van der Waals surface area (Å²) in [6.07, 6.45) is 0.114. The summed E-state index contributed by atoms with van der Waals surface area (Å²) in [6.45, 7) is 3.58. The second kappa shape index (κ2) is 7.46. The molecular formula is C20H17F3N2O3. The molecule has 0 saturated carbocycles. The van der Waals surface area contributed by atoms with Crippen molar-refractivity contribution in [1.82, 2.24) is 4.90 Å². The van der Waals surface area contributed by atoms with Gasteiger partial charge in [-0.3, -0.25) is 19.3 Å². The van der Waals surface area contributed by atoms with E-state index in [1.165, 1.54) is 12.1 Å². The molecule has 3 rings (SSSR count). The molecule has 1 N–H and O–H groups in total. The monoisotopic (exact) mass is 390 g/mol. The summed E-state index contributed by atoms with van der Waals surface area (Å²) >= 11 is 0. The van der Waals surface area contributed by atoms with Crippen LogP contribution in [0.15, 0.2) is 36.4 Å². The van der Waals surface area contributed by atoms with E-state index in [-0.39, 0.29) is 23.5 Å². The van der Waals surface area contributed by atoms with Crippen molar-refractivity contribution in [2.24, 2.45) is 5.92 Å². The van der Waals surface area contributed by atoms with E-state index >= 15 is 0 Å². The molecule has 0 saturated heterocycles. The first-order chi connectivity index (χ1) is 13.2. The zero-order valence-electron chi connectivity index (χ0n) is 15.1. The molecule has 2 aromatic rings. The third-order valence-corrected chi connectivity index (χ3v) is 4.43. The highest BCUT2D eigenvalue weighted by Gasteiger charge is 2.42. The molecule has 3 amide bonds. The van der Waals surface area contributed by atoms with Gasteiger partial charge in [0.05, 0.1) is 16.8 Å². The number of carbonyl (C=O) groups excluding carboxylic acids is 3. The van der Waals surface area contributed by atoms with Gasteiger partial charge < -0.3 is 5.32 Å². The zero-order chi connectivity index (χ0) is 20.6. The van der Waals surface area contributed by atoms with E-state index in [1.807, 2.05) is 0 Å². The van der Waals surface area contributed by atoms with Crippen molar-refractivity contribution in [2.45, 2.75) is 26.3 Å². The number of fused-ring (bicyclic) bond motifs is 1. The highest BCUT2D eigenvalue weighted by molar-refractivity contribution is 6.23. The van der Waals surface area contributed by atoms with Crippen molar-refractivity contribution in [3.8, 4) is 0 Å². The van der Waals surface area contributed by atoms with E-state index in [1.54, 1.807) is 26.0 Å². The fraction of sp³-hybridized carbons (Fsp3) is 0.250. The Labute approximate surface area is 159 Å². The fourth-order valence-electron chi connectivity index (χ4n) is 3.11. The summed E-state index contributed by atoms with van der Waals surface area (Å²) in [7, 11) is 0. The van der Waals surface area contributed by atoms with Crippen LogP contribution in [0.2, 0.25) is 0 Å². The Morgan fingerprint density at radius 1 is 0.964 bits per heavy atom. The van der Waals surface area contributed by atoms with Gasteiger partial charge in [0.25, 0.3) is 11.8 Å². The van der Waals surface area contributed by atoms with E-state index in [2.05, 4.69) is 5.32 Å². The standard InChI is InChI=1S/C20H17F3N2O3/c1-10(2)9-15(18(26)24-14-8-7-13(21)16(22)17(14)23)25-19(27)11-5-3-4-6-12(11)20(25)28/h3-8,10,15H,9H2,1-2H3,(H,24,26). The lowest BCUT2D eigenvalue weighted by molar-refractivity contribution is -0.120. The SMILES string of the molecule is CC(C)CC(C(=O)Nc1ccc(F)c(F)c1F)N1C(=O)c2ccccc2C1=O. The molecule has 1 aliphatic rings. The smallest absolute Gasteiger partial charge is 0.262 e. The van der Waals surface area contributed by atoms with Crippen LogP contribution in [0.3, 0.4) is 0 Å². The van der Waals surface area contributed by atoms with Crippen LogP contribution in [0, 0.1) is 23.4 Å². The second-order valence-electron chi connectivity index (χ2n) is 6.88. The molecule has 1 aliphatic heterocycles. The van der Waals surface area contributed by atoms with Crippen LogP contribution in [0.4, 0.5) is 18.9 Å². The van der Waals surface area contributed by atoms with Crippen LogP contribution in [0.5, 0.6) is 0 Å². The van der Waals surface area contributed by atoms with Crippen LogP contribution in [0.1, 0.15) is 41.0 Å². The maximum absolute atomic E-state index is 13.9. The zero-order valence-corrected chi connectivity index (χ0v) is 15.1. The first kappa shape index (κ1) is 19.6. The normalized spacial score (nSPS) is 14.4. The number of rotatable bonds is 5. The molecular weight excluding hydrogens is 373 g/mol. The number of carbonyl (C=O) groups is 3. The van der Waals surface area contributed by atoms with E-state index in [4.69, 9.17) is 0 Å². The van der Waals surface area contributed by atoms with Crippen LogP contribution in [-0.4, -0.2) is 28.7 Å². The quantitative estimate of drug-likeness (QED) is 0.625. The predicted octanol–water partition coefficient (Wildman–Crippen LogP) is 3.75. The number of benzene rings is 2. The third kappa shape index (κ3) is 3.37. The Balaban J connectivity index is 1.93. The van der Waals surface area contributed by atoms with E-state index in [9.17, 15) is 27.6 Å². The van der Waals surface area contributed by atoms with Gasteiger partial charge in [-0.15, -0.1) is 0 Å². The van der Waals surface area contributed by atoms with Crippen molar-refractivity contribution in [2.75, 3.05) is 5.32 Å². The second-order valence-corrected chi connectivity index (χ2v) is 6.88. The molecule has 1 heterocycles. The Bertz CT molecular complexity index is 940. The number of hydrogen-bond donors (Lipinski definition) is 1. The lowest BCUT2D eigenvalue weighted by Crippen LogP contribution is -2.48. The van der Waals surface area contributed by atoms with Gasteiger partial charge >= 0.3 is 0 Å². The van der Waals surface area contributed by atoms with Gasteiger partial charge in [0.15, 0.2) is 17.5 Å². The number of hydrogen-bond acceptors (Lipinski definition) is 3. The minimum absolute atomic E-state index is 0.0881. The van der Waals surface area contributed by atoms with Gasteiger partial charge in [0, 0.05) is 0 Å². The van der Waals surface area contributed by atoms with Crippen LogP contribution in [0.25, 0.3) is 0 Å². The van der Waals surface area contributed by atoms with Crippen LogP contribution in [-0.2, 0) is 4.79 Å². The van der Waals surface area contributed by atoms with Crippen LogP contribution < -0.4 is 5.32 Å². The number of imide groups is 1. The van der Waals surface area contributed by atoms with Crippen molar-refractivity contribution < 1.29 is 27.6 Å². The van der Waals surface area contributed by atoms with Gasteiger partial charge in [-0.2, -0.15) is 0 Å². The first-order valence-corrected chi connectivity index (χ1v) is 8.63. The summed E-state index contributed by atoms with van der Waals surface area (Å²) in [5.74, 6) is -6.89. The lowest BCUT2D eigenvalue weighted by atomic mass is 10.0. The molecule has 28 heavy (non-hydrogen) atoms. The number of amides is 3. The molecule has 5 nitrogen and oxygen atoms in total. The fourth-order valence-corrected chi connectivity index (χ4v) is 3.11. The maximum atomic E-state index is 13.9. The average Bonchev–Trinajstić information content (AvgIpc) is 2.91. The summed E-state index contributed by atoms with van der Waals surface area (Å²) in [4.78, 5) is 39.0. The topological polar surface area (TPSA) is 66.5 Å². The minimum Gasteiger partial charge on any atom is -0.322 e. The molecule has 1 unspecified atom stereocenters. The van der Waals surface area contributed by atoms with Crippen molar-refractivity contribution in [3.63, 3.8) is 0 Å². The molecule has 146 valence electrons. The summed E-state index contributed by atoms with van der Waals surface area (Å²) in [5, 5.41) is 2.16. The number of anilines is 1. The van der Waals surface area contributed by atoms with Crippen molar-refractivity contribution >= 4 is 23.4 Å². The minimum atomic E-state index is -1.72. The molecule has 0 aliphatic carbocycles. The van der Waals surface area contributed by atoms with E-state index in [0.29, 0.717) is 6.07 Å². The summed E-state index contributed by atoms with van der Waals surface area (Å²) < 4.78 is 40.5. The van der Waals surface area contributed by atoms with Crippen molar-refractivity contribution in [3.05, 3.63) is 65.0 Å². The van der Waals surface area contributed by atoms with Gasteiger partial charge in [-0.25, -0.2) is 13.2 Å². The molecule has 0 spiro atoms.